The van der Waals surface area contributed by atoms with E-state index in [4.69, 9.17) is 29.7 Å². The lowest BCUT2D eigenvalue weighted by molar-refractivity contribution is -0.0529. The van der Waals surface area contributed by atoms with Crippen LogP contribution in [0.5, 0.6) is 0 Å². The first-order valence-corrected chi connectivity index (χ1v) is 37.4. The number of nitrogens with one attached hydrogen (secondary N) is 2. The SMILES string of the molecule is C1=NC2(CC1)CCN(Cc1ccccc1)CC2.CC(C)(C)OC(=O)N1CCCC12CCN(Cc1ccccc1)CC2.CC(C)(C)OC(=O)N1CCCC12CCNCC2.NC1(CCC2OCCO2)CCN(Cc2ccccc2)CC1.c1ccc(CN2CCC3(CCCN3)CC2)cc1. The molecular formula is C80H122N10O6. The molecule has 10 aliphatic heterocycles. The van der Waals surface area contributed by atoms with Gasteiger partial charge in [-0.25, -0.2) is 9.59 Å². The molecule has 0 radical (unpaired) electrons. The standard InChI is InChI=1S/C20H30N2O2.C17H26N2O2.C15H22N2.C15H20N2.C13H24N2O2/c1-19(2,3)24-18(23)22-13-7-10-20(22)11-14-21(15-12-20)16-17-8-5-4-6-9-17;18-17(7-6-16-20-12-13-21-16)8-10-19(11-9-17)14-15-4-2-1-3-5-15;2*1-2-5-14(6-3-1)13-17-11-8-15(9-12-17)7-4-10-16-15;1-12(2,3)17-11(16)15-10-4-5-13(15)6-8-14-9-7-13/h4-6,8-9H,7,10-16H2,1-3H3;1-5,16H,6-14,18H2;1-3,5-6,16H,4,7-13H2;1-3,5-6,10H,4,7-9,11-13H2;14H,4-10H2,1-3H3. The third-order valence-electron chi connectivity index (χ3n) is 22.2. The Balaban J connectivity index is 0.000000131. The third-order valence-corrected chi connectivity index (χ3v) is 22.2. The molecule has 528 valence electrons. The Hall–Kier alpha value is -5.27. The van der Waals surface area contributed by atoms with E-state index in [9.17, 15) is 9.59 Å². The summed E-state index contributed by atoms with van der Waals surface area (Å²) in [5, 5.41) is 7.09. The molecule has 9 saturated heterocycles. The Bertz CT molecular complexity index is 2930. The van der Waals surface area contributed by atoms with E-state index in [0.29, 0.717) is 11.1 Å². The molecule has 0 bridgehead atoms. The summed E-state index contributed by atoms with van der Waals surface area (Å²) in [5.74, 6) is 0. The molecule has 4 aromatic rings. The summed E-state index contributed by atoms with van der Waals surface area (Å²) in [6.45, 7) is 31.4. The van der Waals surface area contributed by atoms with Crippen molar-refractivity contribution in [1.29, 1.82) is 0 Å². The first-order chi connectivity index (χ1) is 46.3. The first-order valence-electron chi connectivity index (χ1n) is 37.4. The summed E-state index contributed by atoms with van der Waals surface area (Å²) in [6.07, 6.45) is 25.0. The van der Waals surface area contributed by atoms with Gasteiger partial charge in [0.05, 0.1) is 18.8 Å². The number of hydrogen-bond acceptors (Lipinski definition) is 14. The van der Waals surface area contributed by atoms with E-state index in [1.807, 2.05) is 51.3 Å². The van der Waals surface area contributed by atoms with E-state index in [1.54, 1.807) is 0 Å². The maximum atomic E-state index is 12.6. The third kappa shape index (κ3) is 22.1. The van der Waals surface area contributed by atoms with Crippen LogP contribution in [0.25, 0.3) is 0 Å². The number of amides is 2. The van der Waals surface area contributed by atoms with Gasteiger partial charge in [-0.05, 0) is 212 Å². The van der Waals surface area contributed by atoms with Crippen LogP contribution in [0.1, 0.15) is 192 Å². The van der Waals surface area contributed by atoms with Gasteiger partial charge in [-0.2, -0.15) is 0 Å². The van der Waals surface area contributed by atoms with Gasteiger partial charge in [0.2, 0.25) is 0 Å². The summed E-state index contributed by atoms with van der Waals surface area (Å²) in [6, 6.07) is 42.9. The molecule has 14 rings (SSSR count). The minimum Gasteiger partial charge on any atom is -0.444 e. The molecule has 16 nitrogen and oxygen atoms in total. The average molecular weight is 1320 g/mol. The second-order valence-corrected chi connectivity index (χ2v) is 31.7. The highest BCUT2D eigenvalue weighted by Gasteiger charge is 2.48. The van der Waals surface area contributed by atoms with Gasteiger partial charge in [0.15, 0.2) is 6.29 Å². The molecule has 4 N–H and O–H groups in total. The highest BCUT2D eigenvalue weighted by Crippen LogP contribution is 2.41. The molecule has 10 aliphatic rings. The number of carbonyl (C=O) groups is 2. The van der Waals surface area contributed by atoms with Crippen molar-refractivity contribution in [1.82, 2.24) is 40.0 Å². The van der Waals surface area contributed by atoms with Crippen LogP contribution < -0.4 is 16.4 Å². The Morgan fingerprint density at radius 1 is 0.479 bits per heavy atom. The Morgan fingerprint density at radius 3 is 1.26 bits per heavy atom. The number of nitrogens with two attached hydrogens (primary N) is 1. The largest absolute Gasteiger partial charge is 0.444 e. The van der Waals surface area contributed by atoms with Gasteiger partial charge in [0.25, 0.3) is 0 Å². The number of benzene rings is 4. The van der Waals surface area contributed by atoms with Crippen LogP contribution in [0, 0.1) is 0 Å². The summed E-state index contributed by atoms with van der Waals surface area (Å²) in [5.41, 5.74) is 12.3. The van der Waals surface area contributed by atoms with Gasteiger partial charge >= 0.3 is 12.2 Å². The van der Waals surface area contributed by atoms with Crippen LogP contribution in [0.15, 0.2) is 126 Å². The number of carbonyl (C=O) groups excluding carboxylic acids is 2. The van der Waals surface area contributed by atoms with E-state index in [2.05, 4.69) is 158 Å². The van der Waals surface area contributed by atoms with Crippen LogP contribution >= 0.6 is 0 Å². The highest BCUT2D eigenvalue weighted by molar-refractivity contribution is 5.70. The summed E-state index contributed by atoms with van der Waals surface area (Å²) < 4.78 is 22.2. The van der Waals surface area contributed by atoms with Crippen LogP contribution in [0.4, 0.5) is 9.59 Å². The predicted molar refractivity (Wildman–Crippen MR) is 388 cm³/mol. The van der Waals surface area contributed by atoms with E-state index >= 15 is 0 Å². The minimum atomic E-state index is -0.422. The molecule has 10 heterocycles. The molecule has 16 heteroatoms. The second-order valence-electron chi connectivity index (χ2n) is 31.7. The number of ether oxygens (including phenoxy) is 4. The fraction of sp³-hybridized carbons (Fsp3) is 0.662. The quantitative estimate of drug-likeness (QED) is 0.131. The van der Waals surface area contributed by atoms with Crippen molar-refractivity contribution in [2.45, 2.75) is 241 Å². The second kappa shape index (κ2) is 34.7. The van der Waals surface area contributed by atoms with Crippen molar-refractivity contribution in [2.24, 2.45) is 10.7 Å². The lowest BCUT2D eigenvalue weighted by Crippen LogP contribution is -2.54. The molecule has 2 amide bonds. The fourth-order valence-electron chi connectivity index (χ4n) is 16.5. The molecule has 0 aliphatic carbocycles. The number of piperidine rings is 5. The van der Waals surface area contributed by atoms with E-state index in [0.717, 1.165) is 169 Å². The van der Waals surface area contributed by atoms with Gasteiger partial charge in [0, 0.05) is 120 Å². The van der Waals surface area contributed by atoms with Crippen molar-refractivity contribution in [3.8, 4) is 0 Å². The van der Waals surface area contributed by atoms with E-state index in [1.165, 1.54) is 106 Å². The first kappa shape index (κ1) is 73.4. The minimum absolute atomic E-state index is 0.0206. The van der Waals surface area contributed by atoms with Crippen molar-refractivity contribution >= 4 is 18.4 Å². The van der Waals surface area contributed by atoms with Gasteiger partial charge < -0.3 is 45.1 Å². The van der Waals surface area contributed by atoms with Crippen molar-refractivity contribution in [3.05, 3.63) is 144 Å². The molecule has 0 unspecified atom stereocenters. The van der Waals surface area contributed by atoms with Crippen LogP contribution in [0.2, 0.25) is 0 Å². The Morgan fingerprint density at radius 2 is 0.875 bits per heavy atom. The van der Waals surface area contributed by atoms with Gasteiger partial charge in [-0.15, -0.1) is 0 Å². The fourth-order valence-corrected chi connectivity index (χ4v) is 16.5. The monoisotopic (exact) mass is 1320 g/mol. The Kier molecular flexibility index (Phi) is 26.5. The van der Waals surface area contributed by atoms with Gasteiger partial charge in [-0.3, -0.25) is 24.6 Å². The summed E-state index contributed by atoms with van der Waals surface area (Å²) in [4.78, 5) is 43.7. The number of likely N-dealkylation sites (tertiary alicyclic amines) is 6. The zero-order valence-electron chi connectivity index (χ0n) is 59.9. The predicted octanol–water partition coefficient (Wildman–Crippen LogP) is 13.6. The summed E-state index contributed by atoms with van der Waals surface area (Å²) in [7, 11) is 0. The van der Waals surface area contributed by atoms with E-state index in [-0.39, 0.29) is 35.1 Å². The Labute approximate surface area is 578 Å². The molecule has 0 aromatic heterocycles. The zero-order chi connectivity index (χ0) is 67.4. The molecule has 9 fully saturated rings. The highest BCUT2D eigenvalue weighted by atomic mass is 16.7. The maximum absolute atomic E-state index is 12.6. The molecule has 96 heavy (non-hydrogen) atoms. The molecule has 0 atom stereocenters. The number of aliphatic imine (C=N–C) groups is 1. The lowest BCUT2D eigenvalue weighted by atomic mass is 9.84. The number of nitrogens with zero attached hydrogens (tertiary/aromatic N) is 7. The molecule has 4 spiro atoms. The van der Waals surface area contributed by atoms with Crippen LogP contribution in [-0.4, -0.2) is 191 Å². The van der Waals surface area contributed by atoms with Crippen LogP contribution in [-0.2, 0) is 45.1 Å². The van der Waals surface area contributed by atoms with Crippen molar-refractivity contribution < 1.29 is 28.5 Å². The van der Waals surface area contributed by atoms with Gasteiger partial charge in [0.1, 0.15) is 11.2 Å². The average Bonchev–Trinajstić information content (AvgIpc) is 1.59. The molecule has 4 aromatic carbocycles. The lowest BCUT2D eigenvalue weighted by Gasteiger charge is -2.45. The normalized spacial score (nSPS) is 23.1. The smallest absolute Gasteiger partial charge is 0.410 e. The van der Waals surface area contributed by atoms with Crippen molar-refractivity contribution in [3.63, 3.8) is 0 Å². The maximum Gasteiger partial charge on any atom is 0.410 e. The van der Waals surface area contributed by atoms with Crippen LogP contribution in [0.3, 0.4) is 0 Å². The number of hydrogen-bond donors (Lipinski definition) is 3. The topological polar surface area (TPSA) is 153 Å². The number of rotatable bonds is 11. The zero-order valence-corrected chi connectivity index (χ0v) is 59.9. The van der Waals surface area contributed by atoms with Crippen molar-refractivity contribution in [2.75, 3.05) is 98.3 Å². The molecular weight excluding hydrogens is 1200 g/mol. The van der Waals surface area contributed by atoms with Gasteiger partial charge in [-0.1, -0.05) is 121 Å². The molecule has 0 saturated carbocycles. The van der Waals surface area contributed by atoms with E-state index < -0.39 is 11.2 Å². The summed E-state index contributed by atoms with van der Waals surface area (Å²) >= 11 is 0.